The molecule has 0 heterocycles. The summed E-state index contributed by atoms with van der Waals surface area (Å²) < 4.78 is 0. The SMILES string of the molecule is [C-]#[N+]/C(=C/[O-])CC#N.[Na+]. The van der Waals surface area contributed by atoms with E-state index < -0.39 is 0 Å². The average Bonchev–Trinajstić information content (AvgIpc) is 1.83. The molecule has 0 unspecified atom stereocenters. The molecule has 0 aliphatic heterocycles. The third kappa shape index (κ3) is 5.39. The van der Waals surface area contributed by atoms with Gasteiger partial charge in [0.15, 0.2) is 5.70 Å². The molecule has 0 aliphatic carbocycles. The van der Waals surface area contributed by atoms with Crippen molar-refractivity contribution in [1.29, 1.82) is 5.26 Å². The van der Waals surface area contributed by atoms with Crippen LogP contribution in [0.5, 0.6) is 0 Å². The fourth-order valence-electron chi connectivity index (χ4n) is 0.189. The second-order valence-electron chi connectivity index (χ2n) is 1.06. The number of allylic oxidation sites excluding steroid dienone is 1. The predicted octanol–water partition coefficient (Wildman–Crippen LogP) is -2.97. The maximum Gasteiger partial charge on any atom is 1.00 e. The van der Waals surface area contributed by atoms with Crippen LogP contribution in [-0.2, 0) is 0 Å². The Morgan fingerprint density at radius 2 is 2.44 bits per heavy atom. The van der Waals surface area contributed by atoms with Crippen molar-refractivity contribution in [2.24, 2.45) is 0 Å². The fraction of sp³-hybridized carbons (Fsp3) is 0.200. The van der Waals surface area contributed by atoms with Crippen molar-refractivity contribution in [2.45, 2.75) is 6.42 Å². The van der Waals surface area contributed by atoms with Gasteiger partial charge in [-0.1, -0.05) is 0 Å². The number of hydrogen-bond donors (Lipinski definition) is 0. The molecule has 0 N–H and O–H groups in total. The molecule has 0 amide bonds. The maximum atomic E-state index is 9.72. The van der Waals surface area contributed by atoms with Gasteiger partial charge in [0.25, 0.3) is 0 Å². The zero-order chi connectivity index (χ0) is 6.41. The van der Waals surface area contributed by atoms with Crippen LogP contribution in [0.25, 0.3) is 4.85 Å². The molecule has 40 valence electrons. The summed E-state index contributed by atoms with van der Waals surface area (Å²) in [5.41, 5.74) is -0.0347. The standard InChI is InChI=1S/C5H4N2O.Na/c1-7-5(4-8)2-3-6;/h4,8H,2H2;/q;+1/p-1/b5-4+;. The number of hydrogen-bond acceptors (Lipinski definition) is 2. The summed E-state index contributed by atoms with van der Waals surface area (Å²) >= 11 is 0. The molecular formula is C5H3N2NaO. The molecule has 3 nitrogen and oxygen atoms in total. The van der Waals surface area contributed by atoms with Crippen LogP contribution in [0.3, 0.4) is 0 Å². The molecule has 9 heavy (non-hydrogen) atoms. The Morgan fingerprint density at radius 1 is 1.89 bits per heavy atom. The molecule has 0 aliphatic rings. The van der Waals surface area contributed by atoms with Crippen molar-refractivity contribution in [1.82, 2.24) is 0 Å². The first-order valence-electron chi connectivity index (χ1n) is 1.90. The molecule has 0 atom stereocenters. The Kier molecular flexibility index (Phi) is 9.47. The molecule has 0 radical (unpaired) electrons. The van der Waals surface area contributed by atoms with Gasteiger partial charge in [0, 0.05) is 0 Å². The Hall–Kier alpha value is -0.480. The van der Waals surface area contributed by atoms with E-state index in [0.717, 1.165) is 0 Å². The van der Waals surface area contributed by atoms with Crippen LogP contribution < -0.4 is 34.7 Å². The fourth-order valence-corrected chi connectivity index (χ4v) is 0.189. The molecule has 4 heteroatoms. The topological polar surface area (TPSA) is 51.2 Å². The molecule has 0 aromatic rings. The Labute approximate surface area is 75.7 Å². The Balaban J connectivity index is 0. The minimum absolute atomic E-state index is 0. The van der Waals surface area contributed by atoms with Gasteiger partial charge in [-0.25, -0.2) is 4.85 Å². The van der Waals surface area contributed by atoms with E-state index in [2.05, 4.69) is 4.85 Å². The molecular weight excluding hydrogens is 127 g/mol. The molecule has 0 spiro atoms. The quantitative estimate of drug-likeness (QED) is 0.216. The smallest absolute Gasteiger partial charge is 0.886 e. The minimum atomic E-state index is -0.0764. The molecule has 0 bridgehead atoms. The van der Waals surface area contributed by atoms with Crippen molar-refractivity contribution in [2.75, 3.05) is 0 Å². The van der Waals surface area contributed by atoms with E-state index in [0.29, 0.717) is 6.26 Å². The second-order valence-corrected chi connectivity index (χ2v) is 1.06. The van der Waals surface area contributed by atoms with Gasteiger partial charge in [-0.05, 0) is 0 Å². The average molecular weight is 130 g/mol. The van der Waals surface area contributed by atoms with Gasteiger partial charge >= 0.3 is 29.6 Å². The van der Waals surface area contributed by atoms with Crippen molar-refractivity contribution < 1.29 is 34.7 Å². The summed E-state index contributed by atoms with van der Waals surface area (Å²) in [7, 11) is 0. The summed E-state index contributed by atoms with van der Waals surface area (Å²) in [4.78, 5) is 2.77. The summed E-state index contributed by atoms with van der Waals surface area (Å²) in [5, 5.41) is 17.6. The minimum Gasteiger partial charge on any atom is -0.886 e. The van der Waals surface area contributed by atoms with Crippen LogP contribution in [0.1, 0.15) is 6.42 Å². The van der Waals surface area contributed by atoms with Crippen LogP contribution in [0.2, 0.25) is 0 Å². The van der Waals surface area contributed by atoms with Crippen molar-refractivity contribution in [3.63, 3.8) is 0 Å². The van der Waals surface area contributed by atoms with Crippen molar-refractivity contribution in [3.05, 3.63) is 23.4 Å². The van der Waals surface area contributed by atoms with Crippen LogP contribution in [0, 0.1) is 17.9 Å². The summed E-state index contributed by atoms with van der Waals surface area (Å²) in [6.45, 7) is 6.27. The third-order valence-corrected chi connectivity index (χ3v) is 0.540. The first-order chi connectivity index (χ1) is 3.85. The summed E-state index contributed by atoms with van der Waals surface area (Å²) in [5.74, 6) is 0. The van der Waals surface area contributed by atoms with E-state index in [9.17, 15) is 5.11 Å². The molecule has 0 aromatic heterocycles. The van der Waals surface area contributed by atoms with Gasteiger partial charge in [-0.2, -0.15) is 11.5 Å². The molecule has 0 fully saturated rings. The number of rotatable bonds is 1. The second kappa shape index (κ2) is 7.52. The Morgan fingerprint density at radius 3 is 2.56 bits per heavy atom. The van der Waals surface area contributed by atoms with Gasteiger partial charge < -0.3 is 5.11 Å². The van der Waals surface area contributed by atoms with E-state index >= 15 is 0 Å². The summed E-state index contributed by atoms with van der Waals surface area (Å²) in [6, 6.07) is 1.69. The van der Waals surface area contributed by atoms with Crippen LogP contribution >= 0.6 is 0 Å². The van der Waals surface area contributed by atoms with Crippen molar-refractivity contribution >= 4 is 0 Å². The van der Waals surface area contributed by atoms with E-state index in [1.165, 1.54) is 0 Å². The molecule has 0 saturated heterocycles. The predicted molar refractivity (Wildman–Crippen MR) is 24.9 cm³/mol. The number of nitriles is 1. The van der Waals surface area contributed by atoms with Crippen LogP contribution in [-0.4, -0.2) is 0 Å². The third-order valence-electron chi connectivity index (χ3n) is 0.540. The van der Waals surface area contributed by atoms with Gasteiger partial charge in [0.1, 0.15) is 0 Å². The van der Waals surface area contributed by atoms with Crippen LogP contribution in [0.4, 0.5) is 0 Å². The van der Waals surface area contributed by atoms with Gasteiger partial charge in [0.05, 0.1) is 19.1 Å². The van der Waals surface area contributed by atoms with Gasteiger partial charge in [-0.15, -0.1) is 0 Å². The van der Waals surface area contributed by atoms with Gasteiger partial charge in [-0.3, -0.25) is 0 Å². The molecule has 0 rings (SSSR count). The van der Waals surface area contributed by atoms with Crippen molar-refractivity contribution in [3.8, 4) is 6.07 Å². The van der Waals surface area contributed by atoms with E-state index in [1.54, 1.807) is 6.07 Å². The maximum absolute atomic E-state index is 9.72. The first kappa shape index (κ1) is 11.3. The summed E-state index contributed by atoms with van der Waals surface area (Å²) in [6.07, 6.45) is 0.323. The normalized spacial score (nSPS) is 8.44. The Bertz CT molecular complexity index is 174. The monoisotopic (exact) mass is 130 g/mol. The zero-order valence-electron chi connectivity index (χ0n) is 5.09. The van der Waals surface area contributed by atoms with Crippen LogP contribution in [0.15, 0.2) is 12.0 Å². The van der Waals surface area contributed by atoms with E-state index in [1.807, 2.05) is 0 Å². The first-order valence-corrected chi connectivity index (χ1v) is 1.90. The largest absolute Gasteiger partial charge is 1.00 e. The molecule has 0 saturated carbocycles. The van der Waals surface area contributed by atoms with E-state index in [4.69, 9.17) is 11.8 Å². The van der Waals surface area contributed by atoms with Gasteiger partial charge in [0.2, 0.25) is 0 Å². The number of nitrogens with zero attached hydrogens (tertiary/aromatic N) is 2. The molecule has 0 aromatic carbocycles. The van der Waals surface area contributed by atoms with E-state index in [-0.39, 0.29) is 41.7 Å². The zero-order valence-corrected chi connectivity index (χ0v) is 7.09.